The topological polar surface area (TPSA) is 38.8 Å². The Morgan fingerprint density at radius 2 is 2.13 bits per heavy atom. The van der Waals surface area contributed by atoms with Crippen molar-refractivity contribution in [3.8, 4) is 0 Å². The van der Waals surface area contributed by atoms with Crippen molar-refractivity contribution in [1.29, 1.82) is 0 Å². The third-order valence-corrected chi connectivity index (χ3v) is 4.87. The number of piperidine rings is 1. The molecule has 5 heteroatoms. The van der Waals surface area contributed by atoms with Crippen LogP contribution in [0.15, 0.2) is 24.3 Å². The molecule has 1 amide bonds. The molecular weight excluding hydrogens is 288 g/mol. The van der Waals surface area contributed by atoms with Crippen molar-refractivity contribution in [2.75, 3.05) is 51.8 Å². The zero-order valence-corrected chi connectivity index (χ0v) is 14.3. The summed E-state index contributed by atoms with van der Waals surface area (Å²) in [5, 5.41) is 2.02. The van der Waals surface area contributed by atoms with Crippen LogP contribution in [0.1, 0.15) is 18.4 Å². The van der Waals surface area contributed by atoms with Gasteiger partial charge in [-0.25, -0.2) is 0 Å². The van der Waals surface area contributed by atoms with E-state index in [9.17, 15) is 4.79 Å². The third-order valence-electron chi connectivity index (χ3n) is 4.87. The molecule has 0 aromatic heterocycles. The number of para-hydroxylation sites is 1. The standard InChI is InChI=1S/C18H28N4O/c1-20(2)12-13-21-10-5-7-16(14-21)18(23)19-22-11-9-15-6-3-4-8-17(15)22/h3-4,6,8,16H,5,7,9-14H2,1-2H3,(H,19,23). The number of benzene rings is 1. The Labute approximate surface area is 139 Å². The minimum Gasteiger partial charge on any atom is -0.308 e. The monoisotopic (exact) mass is 316 g/mol. The van der Waals surface area contributed by atoms with Gasteiger partial charge >= 0.3 is 0 Å². The molecule has 23 heavy (non-hydrogen) atoms. The van der Waals surface area contributed by atoms with Gasteiger partial charge in [-0.15, -0.1) is 0 Å². The predicted molar refractivity (Wildman–Crippen MR) is 93.4 cm³/mol. The summed E-state index contributed by atoms with van der Waals surface area (Å²) in [4.78, 5) is 17.3. The van der Waals surface area contributed by atoms with E-state index in [0.717, 1.165) is 57.7 Å². The molecule has 2 aliphatic heterocycles. The fraction of sp³-hybridized carbons (Fsp3) is 0.611. The second-order valence-electron chi connectivity index (χ2n) is 6.95. The van der Waals surface area contributed by atoms with Gasteiger partial charge in [-0.2, -0.15) is 0 Å². The van der Waals surface area contributed by atoms with Gasteiger partial charge < -0.3 is 9.80 Å². The number of hydrogen-bond acceptors (Lipinski definition) is 4. The molecule has 1 atom stereocenters. The van der Waals surface area contributed by atoms with Crippen LogP contribution < -0.4 is 10.4 Å². The van der Waals surface area contributed by atoms with Crippen LogP contribution in [0.5, 0.6) is 0 Å². The zero-order valence-electron chi connectivity index (χ0n) is 14.3. The van der Waals surface area contributed by atoms with E-state index in [4.69, 9.17) is 0 Å². The van der Waals surface area contributed by atoms with Crippen LogP contribution in [0.3, 0.4) is 0 Å². The van der Waals surface area contributed by atoms with E-state index in [1.165, 1.54) is 5.56 Å². The van der Waals surface area contributed by atoms with E-state index >= 15 is 0 Å². The van der Waals surface area contributed by atoms with E-state index in [2.05, 4.69) is 47.5 Å². The highest BCUT2D eigenvalue weighted by atomic mass is 16.2. The number of hydrogen-bond donors (Lipinski definition) is 1. The number of nitrogens with zero attached hydrogens (tertiary/aromatic N) is 3. The van der Waals surface area contributed by atoms with Gasteiger partial charge in [-0.3, -0.25) is 15.2 Å². The molecule has 1 aromatic carbocycles. The van der Waals surface area contributed by atoms with Gasteiger partial charge in [0.2, 0.25) is 5.91 Å². The van der Waals surface area contributed by atoms with Crippen LogP contribution in [0.25, 0.3) is 0 Å². The van der Waals surface area contributed by atoms with Gasteiger partial charge in [-0.1, -0.05) is 18.2 Å². The molecule has 1 N–H and O–H groups in total. The molecule has 1 unspecified atom stereocenters. The van der Waals surface area contributed by atoms with Gasteiger partial charge in [0.25, 0.3) is 0 Å². The van der Waals surface area contributed by atoms with Crippen molar-refractivity contribution >= 4 is 11.6 Å². The van der Waals surface area contributed by atoms with Crippen molar-refractivity contribution in [3.05, 3.63) is 29.8 Å². The Balaban J connectivity index is 1.54. The van der Waals surface area contributed by atoms with E-state index in [-0.39, 0.29) is 11.8 Å². The maximum absolute atomic E-state index is 12.7. The van der Waals surface area contributed by atoms with Gasteiger partial charge in [0, 0.05) is 26.2 Å². The summed E-state index contributed by atoms with van der Waals surface area (Å²) in [5.41, 5.74) is 5.62. The normalized spacial score (nSPS) is 21.5. The molecule has 0 aliphatic carbocycles. The summed E-state index contributed by atoms with van der Waals surface area (Å²) in [7, 11) is 4.19. The largest absolute Gasteiger partial charge is 0.308 e. The number of nitrogens with one attached hydrogen (secondary N) is 1. The molecule has 0 saturated carbocycles. The zero-order chi connectivity index (χ0) is 16.2. The van der Waals surface area contributed by atoms with Crippen molar-refractivity contribution in [2.24, 2.45) is 5.92 Å². The molecule has 126 valence electrons. The first kappa shape index (κ1) is 16.3. The number of amides is 1. The SMILES string of the molecule is CN(C)CCN1CCCC(C(=O)NN2CCc3ccccc32)C1. The second kappa shape index (κ2) is 7.32. The molecule has 5 nitrogen and oxygen atoms in total. The van der Waals surface area contributed by atoms with Gasteiger partial charge in [0.15, 0.2) is 0 Å². The van der Waals surface area contributed by atoms with E-state index in [1.54, 1.807) is 0 Å². The lowest BCUT2D eigenvalue weighted by atomic mass is 9.97. The summed E-state index contributed by atoms with van der Waals surface area (Å²) in [6.07, 6.45) is 3.12. The average Bonchev–Trinajstić information content (AvgIpc) is 2.96. The Morgan fingerprint density at radius 3 is 2.96 bits per heavy atom. The van der Waals surface area contributed by atoms with E-state index < -0.39 is 0 Å². The molecular formula is C18H28N4O. The fourth-order valence-electron chi connectivity index (χ4n) is 3.49. The number of carbonyl (C=O) groups is 1. The van der Waals surface area contributed by atoms with Gasteiger partial charge in [-0.05, 0) is 51.5 Å². The molecule has 0 spiro atoms. The maximum Gasteiger partial charge on any atom is 0.242 e. The second-order valence-corrected chi connectivity index (χ2v) is 6.95. The first-order valence-electron chi connectivity index (χ1n) is 8.66. The maximum atomic E-state index is 12.7. The number of likely N-dealkylation sites (tertiary alicyclic amines) is 1. The average molecular weight is 316 g/mol. The fourth-order valence-corrected chi connectivity index (χ4v) is 3.49. The third kappa shape index (κ3) is 4.03. The number of anilines is 1. The highest BCUT2D eigenvalue weighted by Crippen LogP contribution is 2.26. The summed E-state index contributed by atoms with van der Waals surface area (Å²) < 4.78 is 0. The summed E-state index contributed by atoms with van der Waals surface area (Å²) in [6, 6.07) is 8.33. The molecule has 0 radical (unpaired) electrons. The van der Waals surface area contributed by atoms with Crippen LogP contribution in [-0.2, 0) is 11.2 Å². The van der Waals surface area contributed by atoms with Crippen LogP contribution in [0.4, 0.5) is 5.69 Å². The van der Waals surface area contributed by atoms with E-state index in [0.29, 0.717) is 0 Å². The van der Waals surface area contributed by atoms with Crippen LogP contribution in [-0.4, -0.2) is 62.5 Å². The molecule has 1 fully saturated rings. The predicted octanol–water partition coefficient (Wildman–Crippen LogP) is 1.35. The first-order chi connectivity index (χ1) is 11.1. The number of hydrazine groups is 1. The van der Waals surface area contributed by atoms with Crippen molar-refractivity contribution in [1.82, 2.24) is 15.2 Å². The summed E-state index contributed by atoms with van der Waals surface area (Å²) in [5.74, 6) is 0.287. The molecule has 0 bridgehead atoms. The molecule has 2 aliphatic rings. The number of likely N-dealkylation sites (N-methyl/N-ethyl adjacent to an activating group) is 1. The Kier molecular flexibility index (Phi) is 5.18. The lowest BCUT2D eigenvalue weighted by Gasteiger charge is -2.33. The van der Waals surface area contributed by atoms with Crippen molar-refractivity contribution in [3.63, 3.8) is 0 Å². The number of fused-ring (bicyclic) bond motifs is 1. The Hall–Kier alpha value is -1.59. The van der Waals surface area contributed by atoms with Crippen molar-refractivity contribution in [2.45, 2.75) is 19.3 Å². The summed E-state index contributed by atoms with van der Waals surface area (Å²) in [6.45, 7) is 4.97. The molecule has 1 aromatic rings. The molecule has 1 saturated heterocycles. The Morgan fingerprint density at radius 1 is 1.30 bits per heavy atom. The number of carbonyl (C=O) groups excluding carboxylic acids is 1. The minimum absolute atomic E-state index is 0.110. The van der Waals surface area contributed by atoms with E-state index in [1.807, 2.05) is 11.1 Å². The van der Waals surface area contributed by atoms with Crippen LogP contribution in [0, 0.1) is 5.92 Å². The van der Waals surface area contributed by atoms with Crippen LogP contribution >= 0.6 is 0 Å². The quantitative estimate of drug-likeness (QED) is 0.890. The van der Waals surface area contributed by atoms with Crippen LogP contribution in [0.2, 0.25) is 0 Å². The summed E-state index contributed by atoms with van der Waals surface area (Å²) >= 11 is 0. The van der Waals surface area contributed by atoms with Gasteiger partial charge in [0.1, 0.15) is 0 Å². The minimum atomic E-state index is 0.110. The first-order valence-corrected chi connectivity index (χ1v) is 8.66. The number of rotatable bonds is 5. The van der Waals surface area contributed by atoms with Gasteiger partial charge in [0.05, 0.1) is 11.6 Å². The lowest BCUT2D eigenvalue weighted by Crippen LogP contribution is -2.49. The van der Waals surface area contributed by atoms with Crippen molar-refractivity contribution < 1.29 is 4.79 Å². The highest BCUT2D eigenvalue weighted by Gasteiger charge is 2.28. The highest BCUT2D eigenvalue weighted by molar-refractivity contribution is 5.81. The lowest BCUT2D eigenvalue weighted by molar-refractivity contribution is -0.126. The molecule has 3 rings (SSSR count). The Bertz CT molecular complexity index is 546. The molecule has 2 heterocycles. The smallest absolute Gasteiger partial charge is 0.242 e.